The third kappa shape index (κ3) is 3.30. The number of carbonyl (C=O) groups excluding carboxylic acids is 1. The van der Waals surface area contributed by atoms with Crippen molar-refractivity contribution in [2.75, 3.05) is 13.1 Å². The number of aromatic nitrogens is 5. The Morgan fingerprint density at radius 2 is 2.12 bits per heavy atom. The Morgan fingerprint density at radius 1 is 1.40 bits per heavy atom. The third-order valence-electron chi connectivity index (χ3n) is 4.66. The molecule has 1 aliphatic heterocycles. The van der Waals surface area contributed by atoms with Crippen molar-refractivity contribution in [1.29, 1.82) is 0 Å². The van der Waals surface area contributed by atoms with E-state index in [1.54, 1.807) is 21.8 Å². The van der Waals surface area contributed by atoms with Gasteiger partial charge in [0, 0.05) is 30.1 Å². The largest absolute Gasteiger partial charge is 0.381 e. The molecular formula is C17H26N6O2. The first-order valence-electron chi connectivity index (χ1n) is 8.60. The molecular weight excluding hydrogens is 320 g/mol. The van der Waals surface area contributed by atoms with Gasteiger partial charge in [-0.2, -0.15) is 5.10 Å². The van der Waals surface area contributed by atoms with E-state index in [0.29, 0.717) is 24.4 Å². The first kappa shape index (κ1) is 17.6. The normalized spacial score (nSPS) is 21.3. The van der Waals surface area contributed by atoms with Gasteiger partial charge >= 0.3 is 0 Å². The minimum absolute atomic E-state index is 0.105. The highest BCUT2D eigenvalue weighted by Gasteiger charge is 2.42. The van der Waals surface area contributed by atoms with Gasteiger partial charge in [-0.3, -0.25) is 9.89 Å². The van der Waals surface area contributed by atoms with Crippen LogP contribution in [0.5, 0.6) is 0 Å². The highest BCUT2D eigenvalue weighted by molar-refractivity contribution is 5.92. The van der Waals surface area contributed by atoms with Crippen LogP contribution in [-0.2, 0) is 11.0 Å². The van der Waals surface area contributed by atoms with Crippen molar-refractivity contribution in [3.05, 3.63) is 29.3 Å². The van der Waals surface area contributed by atoms with Gasteiger partial charge in [-0.25, -0.2) is 4.68 Å². The zero-order valence-corrected chi connectivity index (χ0v) is 15.4. The van der Waals surface area contributed by atoms with Gasteiger partial charge in [-0.1, -0.05) is 26.0 Å². The van der Waals surface area contributed by atoms with Crippen molar-refractivity contribution < 1.29 is 9.90 Å². The molecule has 3 heterocycles. The Hall–Kier alpha value is -2.22. The lowest BCUT2D eigenvalue weighted by molar-refractivity contribution is 0.0380. The summed E-state index contributed by atoms with van der Waals surface area (Å²) in [4.78, 5) is 14.3. The summed E-state index contributed by atoms with van der Waals surface area (Å²) in [5.41, 5.74) is 0.526. The van der Waals surface area contributed by atoms with Crippen molar-refractivity contribution in [2.24, 2.45) is 0 Å². The van der Waals surface area contributed by atoms with Gasteiger partial charge in [-0.15, -0.1) is 5.10 Å². The molecule has 0 aliphatic carbocycles. The summed E-state index contributed by atoms with van der Waals surface area (Å²) in [7, 11) is 0. The number of hydrogen-bond donors (Lipinski definition) is 2. The quantitative estimate of drug-likeness (QED) is 0.879. The number of carbonyl (C=O) groups is 1. The van der Waals surface area contributed by atoms with Crippen LogP contribution in [0.2, 0.25) is 0 Å². The summed E-state index contributed by atoms with van der Waals surface area (Å²) in [5.74, 6) is -0.182. The second kappa shape index (κ2) is 5.94. The lowest BCUT2D eigenvalue weighted by atomic mass is 9.92. The fourth-order valence-electron chi connectivity index (χ4n) is 2.90. The summed E-state index contributed by atoms with van der Waals surface area (Å²) in [6, 6.07) is 1.96. The number of amides is 1. The second-order valence-corrected chi connectivity index (χ2v) is 8.10. The molecule has 0 unspecified atom stereocenters. The van der Waals surface area contributed by atoms with Gasteiger partial charge in [-0.05, 0) is 19.9 Å². The lowest BCUT2D eigenvalue weighted by Crippen LogP contribution is -2.34. The fourth-order valence-corrected chi connectivity index (χ4v) is 2.90. The van der Waals surface area contributed by atoms with Crippen molar-refractivity contribution in [3.63, 3.8) is 0 Å². The Labute approximate surface area is 147 Å². The van der Waals surface area contributed by atoms with Crippen LogP contribution in [0.15, 0.2) is 12.3 Å². The molecule has 0 radical (unpaired) electrons. The topological polar surface area (TPSA) is 99.9 Å². The van der Waals surface area contributed by atoms with Gasteiger partial charge in [0.15, 0.2) is 0 Å². The number of aliphatic hydroxyl groups is 1. The minimum Gasteiger partial charge on any atom is -0.381 e. The highest BCUT2D eigenvalue weighted by Crippen LogP contribution is 2.32. The molecule has 1 atom stereocenters. The molecule has 0 bridgehead atoms. The maximum atomic E-state index is 12.7. The maximum Gasteiger partial charge on any atom is 0.274 e. The third-order valence-corrected chi connectivity index (χ3v) is 4.66. The maximum absolute atomic E-state index is 12.7. The number of likely N-dealkylation sites (tertiary alicyclic amines) is 1. The van der Waals surface area contributed by atoms with Crippen LogP contribution in [0.1, 0.15) is 69.0 Å². The smallest absolute Gasteiger partial charge is 0.274 e. The van der Waals surface area contributed by atoms with Crippen LogP contribution in [-0.4, -0.2) is 54.2 Å². The van der Waals surface area contributed by atoms with Crippen LogP contribution < -0.4 is 0 Å². The van der Waals surface area contributed by atoms with E-state index in [1.165, 1.54) is 0 Å². The van der Waals surface area contributed by atoms with E-state index in [9.17, 15) is 9.90 Å². The van der Waals surface area contributed by atoms with Crippen molar-refractivity contribution in [2.45, 2.75) is 58.1 Å². The molecule has 3 rings (SSSR count). The molecule has 2 aromatic heterocycles. The molecule has 136 valence electrons. The van der Waals surface area contributed by atoms with E-state index in [0.717, 1.165) is 5.69 Å². The molecule has 2 aromatic rings. The van der Waals surface area contributed by atoms with Crippen molar-refractivity contribution >= 4 is 5.91 Å². The predicted octanol–water partition coefficient (Wildman–Crippen LogP) is 1.61. The van der Waals surface area contributed by atoms with E-state index in [4.69, 9.17) is 0 Å². The summed E-state index contributed by atoms with van der Waals surface area (Å²) in [6.45, 7) is 10.8. The molecule has 8 nitrogen and oxygen atoms in total. The SMILES string of the molecule is CC(C)n1cc([C@@]2(O)CCN(C(=O)c3cc(C(C)(C)C)[nH]n3)C2)nn1. The standard InChI is InChI=1S/C17H26N6O2/c1-11(2)23-9-14(20-21-23)17(25)6-7-22(10-17)15(24)12-8-13(19-18-12)16(3,4)5/h8-9,11,25H,6-7,10H2,1-5H3,(H,18,19)/t17-/m1/s1. The van der Waals surface area contributed by atoms with Gasteiger partial charge in [0.2, 0.25) is 0 Å². The van der Waals surface area contributed by atoms with E-state index in [-0.39, 0.29) is 23.9 Å². The predicted molar refractivity (Wildman–Crippen MR) is 92.1 cm³/mol. The lowest BCUT2D eigenvalue weighted by Gasteiger charge is -2.20. The Balaban J connectivity index is 1.75. The van der Waals surface area contributed by atoms with E-state index in [2.05, 4.69) is 41.3 Å². The molecule has 0 aromatic carbocycles. The van der Waals surface area contributed by atoms with Gasteiger partial charge in [0.05, 0.1) is 12.7 Å². The monoisotopic (exact) mass is 346 g/mol. The van der Waals surface area contributed by atoms with Gasteiger partial charge in [0.1, 0.15) is 17.0 Å². The Bertz CT molecular complexity index is 772. The van der Waals surface area contributed by atoms with Crippen LogP contribution in [0.25, 0.3) is 0 Å². The summed E-state index contributed by atoms with van der Waals surface area (Å²) >= 11 is 0. The van der Waals surface area contributed by atoms with E-state index in [1.807, 2.05) is 13.8 Å². The highest BCUT2D eigenvalue weighted by atomic mass is 16.3. The summed E-state index contributed by atoms with van der Waals surface area (Å²) in [5, 5.41) is 26.1. The molecule has 0 saturated carbocycles. The number of H-pyrrole nitrogens is 1. The van der Waals surface area contributed by atoms with E-state index < -0.39 is 5.60 Å². The number of aromatic amines is 1. The second-order valence-electron chi connectivity index (χ2n) is 8.10. The van der Waals surface area contributed by atoms with Gasteiger partial charge < -0.3 is 10.0 Å². The number of hydrogen-bond acceptors (Lipinski definition) is 5. The zero-order valence-electron chi connectivity index (χ0n) is 15.4. The molecule has 8 heteroatoms. The summed E-state index contributed by atoms with van der Waals surface area (Å²) in [6.07, 6.45) is 2.19. The Morgan fingerprint density at radius 3 is 2.68 bits per heavy atom. The van der Waals surface area contributed by atoms with Crippen molar-refractivity contribution in [3.8, 4) is 0 Å². The number of rotatable bonds is 3. The molecule has 1 amide bonds. The van der Waals surface area contributed by atoms with Crippen molar-refractivity contribution in [1.82, 2.24) is 30.1 Å². The van der Waals surface area contributed by atoms with Crippen LogP contribution >= 0.6 is 0 Å². The van der Waals surface area contributed by atoms with Crippen LogP contribution in [0.4, 0.5) is 0 Å². The molecule has 2 N–H and O–H groups in total. The average Bonchev–Trinajstić information content (AvgIpc) is 3.25. The molecule has 0 spiro atoms. The van der Waals surface area contributed by atoms with Crippen LogP contribution in [0.3, 0.4) is 0 Å². The van der Waals surface area contributed by atoms with E-state index >= 15 is 0 Å². The first-order chi connectivity index (χ1) is 11.6. The average molecular weight is 346 g/mol. The molecule has 25 heavy (non-hydrogen) atoms. The minimum atomic E-state index is -1.16. The van der Waals surface area contributed by atoms with Gasteiger partial charge in [0.25, 0.3) is 5.91 Å². The molecule has 1 aliphatic rings. The zero-order chi connectivity index (χ0) is 18.4. The molecule has 1 saturated heterocycles. The first-order valence-corrected chi connectivity index (χ1v) is 8.60. The number of nitrogens with one attached hydrogen (secondary N) is 1. The number of β-amino-alcohol motifs (C(OH)–C–C–N with tert-alkyl or cyclic N) is 1. The number of nitrogens with zero attached hydrogens (tertiary/aromatic N) is 5. The summed E-state index contributed by atoms with van der Waals surface area (Å²) < 4.78 is 1.71. The van der Waals surface area contributed by atoms with Crippen LogP contribution in [0, 0.1) is 0 Å². The Kier molecular flexibility index (Phi) is 4.18. The molecule has 1 fully saturated rings. The fraction of sp³-hybridized carbons (Fsp3) is 0.647.